The van der Waals surface area contributed by atoms with E-state index in [0.29, 0.717) is 25.9 Å². The van der Waals surface area contributed by atoms with Gasteiger partial charge in [0.25, 0.3) is 0 Å². The molecule has 1 amide bonds. The molecule has 1 saturated heterocycles. The fourth-order valence-corrected chi connectivity index (χ4v) is 1.56. The van der Waals surface area contributed by atoms with E-state index < -0.39 is 6.09 Å². The van der Waals surface area contributed by atoms with Crippen LogP contribution >= 0.6 is 0 Å². The minimum atomic E-state index is -0.904. The van der Waals surface area contributed by atoms with Gasteiger partial charge in [0.15, 0.2) is 0 Å². The fourth-order valence-electron chi connectivity index (χ4n) is 1.56. The highest BCUT2D eigenvalue weighted by atomic mass is 16.4. The van der Waals surface area contributed by atoms with Crippen molar-refractivity contribution in [3.63, 3.8) is 0 Å². The number of carbonyl (C=O) groups is 2. The molecular formula is C8H14N2O3. The Morgan fingerprint density at radius 3 is 2.31 bits per heavy atom. The molecule has 0 atom stereocenters. The average Bonchev–Trinajstić information content (AvgIpc) is 2.17. The highest BCUT2D eigenvalue weighted by Crippen LogP contribution is 2.17. The summed E-state index contributed by atoms with van der Waals surface area (Å²) in [4.78, 5) is 23.0. The lowest BCUT2D eigenvalue weighted by Crippen LogP contribution is -2.40. The summed E-state index contributed by atoms with van der Waals surface area (Å²) in [6, 6.07) is 0. The molecule has 13 heavy (non-hydrogen) atoms. The van der Waals surface area contributed by atoms with Gasteiger partial charge in [-0.3, -0.25) is 4.79 Å². The van der Waals surface area contributed by atoms with Crippen molar-refractivity contribution in [1.82, 2.24) is 4.90 Å². The molecule has 1 fully saturated rings. The molecule has 5 nitrogen and oxygen atoms in total. The number of carboxylic acid groups (broad SMARTS) is 1. The third-order valence-electron chi connectivity index (χ3n) is 2.42. The number of carbonyl (C=O) groups excluding carboxylic acids is 1. The van der Waals surface area contributed by atoms with Crippen LogP contribution in [0.4, 0.5) is 4.79 Å². The standard InChI is InChI=1S/C8H14N2O3/c9-5-7(11)6-1-3-10(4-2-6)8(12)13/h6H,1-5,9H2,(H,12,13). The zero-order chi connectivity index (χ0) is 9.84. The Labute approximate surface area is 76.5 Å². The molecule has 0 radical (unpaired) electrons. The second-order valence-electron chi connectivity index (χ2n) is 3.21. The lowest BCUT2D eigenvalue weighted by atomic mass is 9.93. The van der Waals surface area contributed by atoms with Crippen LogP contribution in [0.5, 0.6) is 0 Å². The summed E-state index contributed by atoms with van der Waals surface area (Å²) in [5.74, 6) is 0.0191. The lowest BCUT2D eigenvalue weighted by molar-refractivity contribution is -0.122. The van der Waals surface area contributed by atoms with Crippen LogP contribution in [-0.2, 0) is 4.79 Å². The molecule has 1 heterocycles. The number of hydrogen-bond acceptors (Lipinski definition) is 3. The number of piperidine rings is 1. The van der Waals surface area contributed by atoms with Gasteiger partial charge < -0.3 is 15.7 Å². The van der Waals surface area contributed by atoms with Crippen LogP contribution in [0.1, 0.15) is 12.8 Å². The van der Waals surface area contributed by atoms with Crippen molar-refractivity contribution in [2.24, 2.45) is 11.7 Å². The largest absolute Gasteiger partial charge is 0.465 e. The van der Waals surface area contributed by atoms with Gasteiger partial charge in [0.2, 0.25) is 0 Å². The first kappa shape index (κ1) is 9.98. The molecule has 1 aliphatic rings. The third kappa shape index (κ3) is 2.42. The van der Waals surface area contributed by atoms with E-state index >= 15 is 0 Å². The van der Waals surface area contributed by atoms with Gasteiger partial charge >= 0.3 is 6.09 Å². The SMILES string of the molecule is NCC(=O)C1CCN(C(=O)O)CC1. The first-order valence-electron chi connectivity index (χ1n) is 4.35. The number of nitrogens with zero attached hydrogens (tertiary/aromatic N) is 1. The summed E-state index contributed by atoms with van der Waals surface area (Å²) >= 11 is 0. The van der Waals surface area contributed by atoms with Crippen LogP contribution in [0.15, 0.2) is 0 Å². The van der Waals surface area contributed by atoms with Crippen molar-refractivity contribution < 1.29 is 14.7 Å². The molecule has 74 valence electrons. The molecule has 3 N–H and O–H groups in total. The quantitative estimate of drug-likeness (QED) is 0.631. The molecule has 0 spiro atoms. The number of amides is 1. The van der Waals surface area contributed by atoms with Crippen molar-refractivity contribution >= 4 is 11.9 Å². The molecule has 1 rings (SSSR count). The number of ketones is 1. The maximum absolute atomic E-state index is 11.2. The normalized spacial score (nSPS) is 18.7. The van der Waals surface area contributed by atoms with Crippen LogP contribution in [0, 0.1) is 5.92 Å². The Bertz CT molecular complexity index is 209. The average molecular weight is 186 g/mol. The first-order valence-corrected chi connectivity index (χ1v) is 4.35. The molecule has 0 saturated carbocycles. The summed E-state index contributed by atoms with van der Waals surface area (Å²) < 4.78 is 0. The van der Waals surface area contributed by atoms with E-state index in [1.807, 2.05) is 0 Å². The van der Waals surface area contributed by atoms with Gasteiger partial charge in [0, 0.05) is 19.0 Å². The van der Waals surface area contributed by atoms with Gasteiger partial charge in [-0.05, 0) is 12.8 Å². The zero-order valence-corrected chi connectivity index (χ0v) is 7.40. The fraction of sp³-hybridized carbons (Fsp3) is 0.750. The van der Waals surface area contributed by atoms with E-state index in [4.69, 9.17) is 10.8 Å². The summed E-state index contributed by atoms with van der Waals surface area (Å²) in [6.07, 6.45) is 0.323. The van der Waals surface area contributed by atoms with Crippen molar-refractivity contribution in [3.05, 3.63) is 0 Å². The summed E-state index contributed by atoms with van der Waals surface area (Å²) in [7, 11) is 0. The number of likely N-dealkylation sites (tertiary alicyclic amines) is 1. The summed E-state index contributed by atoms with van der Waals surface area (Å²) in [6.45, 7) is 0.967. The zero-order valence-electron chi connectivity index (χ0n) is 7.40. The van der Waals surface area contributed by atoms with Gasteiger partial charge in [-0.15, -0.1) is 0 Å². The van der Waals surface area contributed by atoms with E-state index in [2.05, 4.69) is 0 Å². The number of nitrogens with two attached hydrogens (primary N) is 1. The molecule has 0 aromatic heterocycles. The maximum atomic E-state index is 11.2. The van der Waals surface area contributed by atoms with Crippen LogP contribution in [-0.4, -0.2) is 41.5 Å². The Morgan fingerprint density at radius 2 is 1.92 bits per heavy atom. The predicted octanol–water partition coefficient (Wildman–Crippen LogP) is -0.0958. The smallest absolute Gasteiger partial charge is 0.407 e. The highest BCUT2D eigenvalue weighted by Gasteiger charge is 2.25. The second-order valence-corrected chi connectivity index (χ2v) is 3.21. The molecule has 1 aliphatic heterocycles. The molecule has 5 heteroatoms. The molecule has 0 unspecified atom stereocenters. The van der Waals surface area contributed by atoms with Crippen molar-refractivity contribution in [2.45, 2.75) is 12.8 Å². The van der Waals surface area contributed by atoms with Crippen molar-refractivity contribution in [1.29, 1.82) is 0 Å². The molecule has 0 aromatic carbocycles. The van der Waals surface area contributed by atoms with Crippen LogP contribution in [0.3, 0.4) is 0 Å². The van der Waals surface area contributed by atoms with Gasteiger partial charge in [-0.25, -0.2) is 4.79 Å². The third-order valence-corrected chi connectivity index (χ3v) is 2.42. The lowest BCUT2D eigenvalue weighted by Gasteiger charge is -2.28. The van der Waals surface area contributed by atoms with Crippen molar-refractivity contribution in [3.8, 4) is 0 Å². The first-order chi connectivity index (χ1) is 6.15. The predicted molar refractivity (Wildman–Crippen MR) is 46.4 cm³/mol. The second kappa shape index (κ2) is 4.23. The Morgan fingerprint density at radius 1 is 1.38 bits per heavy atom. The number of rotatable bonds is 2. The minimum Gasteiger partial charge on any atom is -0.465 e. The molecule has 0 aliphatic carbocycles. The van der Waals surface area contributed by atoms with Crippen molar-refractivity contribution in [2.75, 3.05) is 19.6 Å². The van der Waals surface area contributed by atoms with Crippen LogP contribution < -0.4 is 5.73 Å². The van der Waals surface area contributed by atoms with E-state index in [-0.39, 0.29) is 18.2 Å². The van der Waals surface area contributed by atoms with Gasteiger partial charge in [0.1, 0.15) is 5.78 Å². The van der Waals surface area contributed by atoms with E-state index in [9.17, 15) is 9.59 Å². The van der Waals surface area contributed by atoms with E-state index in [1.165, 1.54) is 4.90 Å². The Kier molecular flexibility index (Phi) is 3.25. The number of Topliss-reactive ketones (excluding diaryl/α,β-unsaturated/α-hetero) is 1. The summed E-state index contributed by atoms with van der Waals surface area (Å²) in [5, 5.41) is 8.64. The monoisotopic (exact) mass is 186 g/mol. The van der Waals surface area contributed by atoms with Gasteiger partial charge in [-0.2, -0.15) is 0 Å². The minimum absolute atomic E-state index is 0.0272. The van der Waals surface area contributed by atoms with E-state index in [1.54, 1.807) is 0 Å². The Hall–Kier alpha value is -1.10. The molecule has 0 bridgehead atoms. The van der Waals surface area contributed by atoms with Crippen LogP contribution in [0.2, 0.25) is 0 Å². The van der Waals surface area contributed by atoms with Crippen LogP contribution in [0.25, 0.3) is 0 Å². The number of hydrogen-bond donors (Lipinski definition) is 2. The Balaban J connectivity index is 2.39. The van der Waals surface area contributed by atoms with Gasteiger partial charge in [-0.1, -0.05) is 0 Å². The topological polar surface area (TPSA) is 83.6 Å². The maximum Gasteiger partial charge on any atom is 0.407 e. The molecular weight excluding hydrogens is 172 g/mol. The summed E-state index contributed by atoms with van der Waals surface area (Å²) in [5.41, 5.74) is 5.22. The highest BCUT2D eigenvalue weighted by molar-refractivity contribution is 5.83. The molecule has 0 aromatic rings. The van der Waals surface area contributed by atoms with E-state index in [0.717, 1.165) is 0 Å². The van der Waals surface area contributed by atoms with Gasteiger partial charge in [0.05, 0.1) is 6.54 Å².